The first-order valence-corrected chi connectivity index (χ1v) is 12.1. The minimum absolute atomic E-state index is 0.246. The first-order chi connectivity index (χ1) is 13.6. The Kier molecular flexibility index (Phi) is 6.43. The number of hydrogen-bond acceptors (Lipinski definition) is 0. The van der Waals surface area contributed by atoms with Gasteiger partial charge in [0.15, 0.2) is 0 Å². The summed E-state index contributed by atoms with van der Waals surface area (Å²) in [6.07, 6.45) is 15.3. The van der Waals surface area contributed by atoms with E-state index in [4.69, 9.17) is 0 Å². The molecule has 0 amide bonds. The van der Waals surface area contributed by atoms with Crippen molar-refractivity contribution in [3.63, 3.8) is 0 Å². The topological polar surface area (TPSA) is 0 Å². The smallest absolute Gasteiger partial charge is 0.129 e. The van der Waals surface area contributed by atoms with Crippen molar-refractivity contribution in [2.75, 3.05) is 0 Å². The van der Waals surface area contributed by atoms with Gasteiger partial charge in [-0.25, -0.2) is 8.78 Å². The van der Waals surface area contributed by atoms with E-state index in [2.05, 4.69) is 6.92 Å². The van der Waals surface area contributed by atoms with Crippen molar-refractivity contribution in [1.29, 1.82) is 0 Å². The highest BCUT2D eigenvalue weighted by atomic mass is 19.1. The third kappa shape index (κ3) is 4.17. The number of fused-ring (bicyclic) bond motifs is 1. The Balaban J connectivity index is 1.36. The summed E-state index contributed by atoms with van der Waals surface area (Å²) in [6.45, 7) is 4.17. The van der Waals surface area contributed by atoms with E-state index in [1.165, 1.54) is 57.8 Å². The Hall–Kier alpha value is -0.920. The highest BCUT2D eigenvalue weighted by Crippen LogP contribution is 2.51. The molecule has 0 spiro atoms. The zero-order chi connectivity index (χ0) is 19.7. The summed E-state index contributed by atoms with van der Waals surface area (Å²) in [7, 11) is 0. The Morgan fingerprint density at radius 3 is 1.86 bits per heavy atom. The summed E-state index contributed by atoms with van der Waals surface area (Å²) in [6, 6.07) is 3.26. The zero-order valence-electron chi connectivity index (χ0n) is 17.9. The van der Waals surface area contributed by atoms with Crippen LogP contribution in [0.3, 0.4) is 0 Å². The second-order valence-electron chi connectivity index (χ2n) is 10.1. The zero-order valence-corrected chi connectivity index (χ0v) is 17.9. The van der Waals surface area contributed by atoms with Crippen molar-refractivity contribution in [1.82, 2.24) is 0 Å². The van der Waals surface area contributed by atoms with Gasteiger partial charge in [0.2, 0.25) is 0 Å². The van der Waals surface area contributed by atoms with Crippen LogP contribution in [0.4, 0.5) is 8.78 Å². The largest absolute Gasteiger partial charge is 0.207 e. The van der Waals surface area contributed by atoms with Crippen LogP contribution in [-0.2, 0) is 6.42 Å². The summed E-state index contributed by atoms with van der Waals surface area (Å²) < 4.78 is 28.5. The number of rotatable bonds is 4. The molecule has 0 nitrogen and oxygen atoms in total. The molecule has 0 aliphatic heterocycles. The van der Waals surface area contributed by atoms with Crippen molar-refractivity contribution >= 4 is 0 Å². The molecule has 0 aromatic heterocycles. The molecule has 3 aliphatic rings. The Bertz CT molecular complexity index is 635. The van der Waals surface area contributed by atoms with E-state index in [-0.39, 0.29) is 17.2 Å². The molecule has 4 atom stereocenters. The van der Waals surface area contributed by atoms with Crippen molar-refractivity contribution in [2.24, 2.45) is 29.6 Å². The summed E-state index contributed by atoms with van der Waals surface area (Å²) >= 11 is 0. The van der Waals surface area contributed by atoms with Gasteiger partial charge in [-0.2, -0.15) is 0 Å². The molecule has 156 valence electrons. The van der Waals surface area contributed by atoms with Gasteiger partial charge in [0, 0.05) is 5.56 Å². The van der Waals surface area contributed by atoms with Gasteiger partial charge in [0.1, 0.15) is 11.6 Å². The maximum Gasteiger partial charge on any atom is 0.129 e. The summed E-state index contributed by atoms with van der Waals surface area (Å²) in [5.74, 6) is 4.23. The van der Waals surface area contributed by atoms with E-state index in [1.807, 2.05) is 6.92 Å². The molecule has 0 N–H and O–H groups in total. The Morgan fingerprint density at radius 1 is 0.714 bits per heavy atom. The van der Waals surface area contributed by atoms with Crippen LogP contribution in [0, 0.1) is 41.2 Å². The second kappa shape index (κ2) is 8.84. The summed E-state index contributed by atoms with van der Waals surface area (Å²) in [5, 5.41) is 0. The molecule has 0 bridgehead atoms. The molecule has 0 heterocycles. The minimum atomic E-state index is -0.342. The highest BCUT2D eigenvalue weighted by molar-refractivity contribution is 5.29. The first-order valence-electron chi connectivity index (χ1n) is 12.1. The number of hydrogen-bond donors (Lipinski definition) is 0. The van der Waals surface area contributed by atoms with Crippen LogP contribution in [0.2, 0.25) is 0 Å². The molecule has 3 fully saturated rings. The lowest BCUT2D eigenvalue weighted by molar-refractivity contribution is 0.0716. The summed E-state index contributed by atoms with van der Waals surface area (Å²) in [4.78, 5) is 0. The molecule has 28 heavy (non-hydrogen) atoms. The quantitative estimate of drug-likeness (QED) is 0.489. The van der Waals surface area contributed by atoms with Gasteiger partial charge in [0.05, 0.1) is 0 Å². The molecule has 4 unspecified atom stereocenters. The van der Waals surface area contributed by atoms with E-state index in [1.54, 1.807) is 12.1 Å². The van der Waals surface area contributed by atoms with E-state index in [0.717, 1.165) is 48.0 Å². The van der Waals surface area contributed by atoms with Crippen LogP contribution in [0.1, 0.15) is 102 Å². The highest BCUT2D eigenvalue weighted by Gasteiger charge is 2.39. The van der Waals surface area contributed by atoms with Crippen molar-refractivity contribution < 1.29 is 8.78 Å². The molecule has 1 aromatic rings. The van der Waals surface area contributed by atoms with E-state index in [9.17, 15) is 8.78 Å². The van der Waals surface area contributed by atoms with Crippen LogP contribution in [0.15, 0.2) is 12.1 Å². The molecular formula is C26H38F2. The molecule has 1 aromatic carbocycles. The minimum Gasteiger partial charge on any atom is -0.207 e. The predicted octanol–water partition coefficient (Wildman–Crippen LogP) is 8.04. The lowest BCUT2D eigenvalue weighted by Gasteiger charge is -2.45. The van der Waals surface area contributed by atoms with Crippen LogP contribution < -0.4 is 0 Å². The monoisotopic (exact) mass is 388 g/mol. The van der Waals surface area contributed by atoms with Gasteiger partial charge in [-0.15, -0.1) is 0 Å². The van der Waals surface area contributed by atoms with Gasteiger partial charge in [-0.05, 0) is 111 Å². The molecular weight excluding hydrogens is 350 g/mol. The average molecular weight is 389 g/mol. The lowest BCUT2D eigenvalue weighted by atomic mass is 9.60. The fourth-order valence-electron chi connectivity index (χ4n) is 6.92. The predicted molar refractivity (Wildman–Crippen MR) is 112 cm³/mol. The van der Waals surface area contributed by atoms with Gasteiger partial charge >= 0.3 is 0 Å². The van der Waals surface area contributed by atoms with Gasteiger partial charge < -0.3 is 0 Å². The first kappa shape index (κ1) is 20.4. The molecule has 0 saturated heterocycles. The maximum absolute atomic E-state index is 14.3. The van der Waals surface area contributed by atoms with E-state index < -0.39 is 0 Å². The van der Waals surface area contributed by atoms with Crippen molar-refractivity contribution in [2.45, 2.75) is 96.8 Å². The lowest BCUT2D eigenvalue weighted by Crippen LogP contribution is -2.34. The molecule has 3 aliphatic carbocycles. The van der Waals surface area contributed by atoms with Crippen molar-refractivity contribution in [3.05, 3.63) is 34.9 Å². The fraction of sp³-hybridized carbons (Fsp3) is 0.769. The van der Waals surface area contributed by atoms with Crippen LogP contribution in [-0.4, -0.2) is 0 Å². The van der Waals surface area contributed by atoms with Gasteiger partial charge in [0.25, 0.3) is 0 Å². The molecule has 0 radical (unpaired) electrons. The molecule has 4 rings (SSSR count). The average Bonchev–Trinajstić information content (AvgIpc) is 2.73. The maximum atomic E-state index is 14.3. The second-order valence-corrected chi connectivity index (χ2v) is 10.1. The Labute approximate surface area is 170 Å². The molecule has 3 saturated carbocycles. The SMILES string of the molecule is CCc1c(F)cc(C2CCC3CC(C4CCC(CC)CC4)CCC3C2)cc1F. The van der Waals surface area contributed by atoms with Crippen molar-refractivity contribution in [3.8, 4) is 0 Å². The van der Waals surface area contributed by atoms with E-state index >= 15 is 0 Å². The standard InChI is InChI=1S/C26H38F2/c1-3-17-5-7-18(8-6-17)19-9-10-21-14-22(12-11-20(21)13-19)23-15-25(27)24(4-2)26(28)16-23/h15-22H,3-14H2,1-2H3. The Morgan fingerprint density at radius 2 is 1.25 bits per heavy atom. The number of benzene rings is 1. The summed E-state index contributed by atoms with van der Waals surface area (Å²) in [5.41, 5.74) is 1.15. The molecule has 2 heteroatoms. The number of halogens is 2. The van der Waals surface area contributed by atoms with Crippen LogP contribution in [0.5, 0.6) is 0 Å². The fourth-order valence-corrected chi connectivity index (χ4v) is 6.92. The van der Waals surface area contributed by atoms with Crippen LogP contribution in [0.25, 0.3) is 0 Å². The van der Waals surface area contributed by atoms with Gasteiger partial charge in [-0.1, -0.05) is 33.1 Å². The van der Waals surface area contributed by atoms with Gasteiger partial charge in [-0.3, -0.25) is 0 Å². The normalized spacial score (nSPS) is 36.1. The van der Waals surface area contributed by atoms with Crippen LogP contribution >= 0.6 is 0 Å². The third-order valence-electron chi connectivity index (χ3n) is 8.78. The third-order valence-corrected chi connectivity index (χ3v) is 8.78. The van der Waals surface area contributed by atoms with E-state index in [0.29, 0.717) is 12.3 Å².